The number of hydrogen-bond acceptors (Lipinski definition) is 4. The van der Waals surface area contributed by atoms with Crippen LogP contribution in [0.4, 0.5) is 0 Å². The van der Waals surface area contributed by atoms with Crippen molar-refractivity contribution in [1.82, 2.24) is 0 Å². The van der Waals surface area contributed by atoms with Crippen LogP contribution >= 0.6 is 11.8 Å². The van der Waals surface area contributed by atoms with Crippen molar-refractivity contribution in [2.45, 2.75) is 25.4 Å². The number of nitriles is 1. The third kappa shape index (κ3) is 2.15. The fourth-order valence-corrected chi connectivity index (χ4v) is 3.74. The summed E-state index contributed by atoms with van der Waals surface area (Å²) in [4.78, 5) is 0. The minimum absolute atomic E-state index is 0.288. The summed E-state index contributed by atoms with van der Waals surface area (Å²) in [5, 5.41) is 19.6. The Morgan fingerprint density at radius 3 is 3.00 bits per heavy atom. The Balaban J connectivity index is 2.07. The Labute approximate surface area is 94.8 Å². The van der Waals surface area contributed by atoms with E-state index in [1.807, 2.05) is 11.8 Å². The van der Waals surface area contributed by atoms with Gasteiger partial charge in [0.2, 0.25) is 0 Å². The van der Waals surface area contributed by atoms with E-state index in [0.717, 1.165) is 37.4 Å². The summed E-state index contributed by atoms with van der Waals surface area (Å²) in [5.74, 6) is 2.39. The Morgan fingerprint density at radius 2 is 2.47 bits per heavy atom. The van der Waals surface area contributed by atoms with E-state index in [9.17, 15) is 10.4 Å². The predicted octanol–water partition coefficient (Wildman–Crippen LogP) is 1.42. The lowest BCUT2D eigenvalue weighted by molar-refractivity contribution is -0.0675. The number of ether oxygens (including phenoxy) is 1. The lowest BCUT2D eigenvalue weighted by atomic mass is 9.73. The highest BCUT2D eigenvalue weighted by atomic mass is 32.2. The molecule has 0 aromatic rings. The quantitative estimate of drug-likeness (QED) is 0.775. The molecule has 0 aromatic heterocycles. The molecular weight excluding hydrogens is 210 g/mol. The van der Waals surface area contributed by atoms with Crippen molar-refractivity contribution in [3.05, 3.63) is 0 Å². The first kappa shape index (κ1) is 11.3. The maximum Gasteiger partial charge on any atom is 0.107 e. The SMILES string of the molecule is N#CC1(C(O)C2CCSC2)CCCOC1. The van der Waals surface area contributed by atoms with E-state index >= 15 is 0 Å². The van der Waals surface area contributed by atoms with E-state index in [4.69, 9.17) is 4.74 Å². The summed E-state index contributed by atoms with van der Waals surface area (Å²) in [6.07, 6.45) is 2.21. The third-order valence-electron chi connectivity index (χ3n) is 3.47. The number of aliphatic hydroxyl groups is 1. The molecule has 2 aliphatic heterocycles. The van der Waals surface area contributed by atoms with Gasteiger partial charge in [-0.15, -0.1) is 0 Å². The maximum absolute atomic E-state index is 10.3. The predicted molar refractivity (Wildman–Crippen MR) is 59.5 cm³/mol. The minimum atomic E-state index is -0.631. The molecule has 1 N–H and O–H groups in total. The minimum Gasteiger partial charge on any atom is -0.391 e. The van der Waals surface area contributed by atoms with Gasteiger partial charge in [-0.2, -0.15) is 17.0 Å². The number of thioether (sulfide) groups is 1. The van der Waals surface area contributed by atoms with Crippen LogP contribution in [0.1, 0.15) is 19.3 Å². The highest BCUT2D eigenvalue weighted by Gasteiger charge is 2.44. The van der Waals surface area contributed by atoms with Gasteiger partial charge in [0.15, 0.2) is 0 Å². The molecule has 3 nitrogen and oxygen atoms in total. The molecule has 0 aromatic carbocycles. The standard InChI is InChI=1S/C11H17NO2S/c12-7-11(3-1-4-14-8-11)10(13)9-2-5-15-6-9/h9-10,13H,1-6,8H2. The van der Waals surface area contributed by atoms with Crippen LogP contribution in [0.25, 0.3) is 0 Å². The number of aliphatic hydroxyl groups excluding tert-OH is 1. The van der Waals surface area contributed by atoms with Gasteiger partial charge >= 0.3 is 0 Å². The summed E-state index contributed by atoms with van der Waals surface area (Å²) < 4.78 is 5.37. The van der Waals surface area contributed by atoms with Crippen LogP contribution in [0.5, 0.6) is 0 Å². The molecule has 84 valence electrons. The molecule has 3 atom stereocenters. The molecule has 0 amide bonds. The molecule has 2 heterocycles. The molecule has 2 rings (SSSR count). The van der Waals surface area contributed by atoms with Gasteiger partial charge in [0, 0.05) is 6.61 Å². The first-order valence-electron chi connectivity index (χ1n) is 5.53. The second-order valence-corrected chi connectivity index (χ2v) is 5.64. The van der Waals surface area contributed by atoms with Crippen LogP contribution in [0.2, 0.25) is 0 Å². The Bertz CT molecular complexity index is 252. The molecule has 0 bridgehead atoms. The van der Waals surface area contributed by atoms with Crippen molar-refractivity contribution in [2.75, 3.05) is 24.7 Å². The monoisotopic (exact) mass is 227 g/mol. The Kier molecular flexibility index (Phi) is 3.55. The first-order chi connectivity index (χ1) is 7.28. The maximum atomic E-state index is 10.3. The lowest BCUT2D eigenvalue weighted by Gasteiger charge is -2.37. The van der Waals surface area contributed by atoms with Gasteiger partial charge in [0.05, 0.1) is 18.8 Å². The average molecular weight is 227 g/mol. The zero-order valence-electron chi connectivity index (χ0n) is 8.82. The molecule has 2 aliphatic rings. The molecule has 0 aliphatic carbocycles. The van der Waals surface area contributed by atoms with E-state index in [1.165, 1.54) is 0 Å². The topological polar surface area (TPSA) is 53.2 Å². The van der Waals surface area contributed by atoms with Crippen molar-refractivity contribution < 1.29 is 9.84 Å². The average Bonchev–Trinajstić information content (AvgIpc) is 2.82. The summed E-state index contributed by atoms with van der Waals surface area (Å²) in [5.41, 5.74) is -0.631. The van der Waals surface area contributed by atoms with E-state index in [-0.39, 0.29) is 5.92 Å². The van der Waals surface area contributed by atoms with Crippen LogP contribution in [-0.2, 0) is 4.74 Å². The first-order valence-corrected chi connectivity index (χ1v) is 6.69. The van der Waals surface area contributed by atoms with Gasteiger partial charge in [0.25, 0.3) is 0 Å². The van der Waals surface area contributed by atoms with Crippen molar-refractivity contribution in [1.29, 1.82) is 5.26 Å². The van der Waals surface area contributed by atoms with Gasteiger partial charge in [0.1, 0.15) is 5.41 Å². The van der Waals surface area contributed by atoms with Gasteiger partial charge in [-0.3, -0.25) is 0 Å². The zero-order valence-corrected chi connectivity index (χ0v) is 9.63. The van der Waals surface area contributed by atoms with Crippen molar-refractivity contribution >= 4 is 11.8 Å². The van der Waals surface area contributed by atoms with Crippen molar-refractivity contribution in [3.8, 4) is 6.07 Å². The highest BCUT2D eigenvalue weighted by molar-refractivity contribution is 7.99. The number of rotatable bonds is 2. The molecule has 4 heteroatoms. The van der Waals surface area contributed by atoms with Crippen LogP contribution in [0.15, 0.2) is 0 Å². The van der Waals surface area contributed by atoms with Gasteiger partial charge in [-0.25, -0.2) is 0 Å². The van der Waals surface area contributed by atoms with Crippen LogP contribution in [0, 0.1) is 22.7 Å². The molecule has 0 radical (unpaired) electrons. The van der Waals surface area contributed by atoms with Crippen molar-refractivity contribution in [2.24, 2.45) is 11.3 Å². The summed E-state index contributed by atoms with van der Waals surface area (Å²) in [6.45, 7) is 1.14. The van der Waals surface area contributed by atoms with E-state index in [2.05, 4.69) is 6.07 Å². The molecule has 3 unspecified atom stereocenters. The zero-order chi connectivity index (χ0) is 10.7. The lowest BCUT2D eigenvalue weighted by Crippen LogP contribution is -2.45. The number of hydrogen-bond donors (Lipinski definition) is 1. The van der Waals surface area contributed by atoms with E-state index < -0.39 is 11.5 Å². The molecular formula is C11H17NO2S. The van der Waals surface area contributed by atoms with Crippen molar-refractivity contribution in [3.63, 3.8) is 0 Å². The van der Waals surface area contributed by atoms with E-state index in [1.54, 1.807) is 0 Å². The second kappa shape index (κ2) is 4.73. The van der Waals surface area contributed by atoms with Gasteiger partial charge in [-0.1, -0.05) is 0 Å². The Hall–Kier alpha value is -0.240. The smallest absolute Gasteiger partial charge is 0.107 e. The van der Waals surface area contributed by atoms with Crippen LogP contribution in [-0.4, -0.2) is 35.9 Å². The highest BCUT2D eigenvalue weighted by Crippen LogP contribution is 2.39. The molecule has 0 saturated carbocycles. The number of nitrogens with zero attached hydrogens (tertiary/aromatic N) is 1. The summed E-state index contributed by atoms with van der Waals surface area (Å²) >= 11 is 1.87. The fourth-order valence-electron chi connectivity index (χ4n) is 2.46. The summed E-state index contributed by atoms with van der Waals surface area (Å²) in [6, 6.07) is 2.31. The third-order valence-corrected chi connectivity index (χ3v) is 4.66. The molecule has 15 heavy (non-hydrogen) atoms. The molecule has 2 saturated heterocycles. The molecule has 0 spiro atoms. The largest absolute Gasteiger partial charge is 0.391 e. The van der Waals surface area contributed by atoms with Gasteiger partial charge < -0.3 is 9.84 Å². The summed E-state index contributed by atoms with van der Waals surface area (Å²) in [7, 11) is 0. The van der Waals surface area contributed by atoms with Gasteiger partial charge in [-0.05, 0) is 36.7 Å². The molecule has 2 fully saturated rings. The van der Waals surface area contributed by atoms with E-state index in [0.29, 0.717) is 6.61 Å². The van der Waals surface area contributed by atoms with Crippen LogP contribution in [0.3, 0.4) is 0 Å². The second-order valence-electron chi connectivity index (χ2n) is 4.49. The fraction of sp³-hybridized carbons (Fsp3) is 0.909. The Morgan fingerprint density at radius 1 is 1.60 bits per heavy atom. The van der Waals surface area contributed by atoms with Crippen LogP contribution < -0.4 is 0 Å². The normalized spacial score (nSPS) is 38.5.